The molecule has 2 rings (SSSR count). The van der Waals surface area contributed by atoms with Gasteiger partial charge in [0.05, 0.1) is 18.6 Å². The molecule has 0 aliphatic carbocycles. The minimum absolute atomic E-state index is 0.208. The van der Waals surface area contributed by atoms with Gasteiger partial charge >= 0.3 is 5.97 Å². The standard InChI is InChI=1S/C11H19NO3/c13-10(14)8-11(4-3-7-15-9-11)12-5-1-2-6-12/h1-9H2,(H,13,14). The maximum Gasteiger partial charge on any atom is 0.305 e. The van der Waals surface area contributed by atoms with Crippen molar-refractivity contribution in [3.05, 3.63) is 0 Å². The Kier molecular flexibility index (Phi) is 3.26. The second-order valence-electron chi connectivity index (χ2n) is 4.65. The average molecular weight is 213 g/mol. The van der Waals surface area contributed by atoms with E-state index in [0.29, 0.717) is 6.61 Å². The zero-order valence-electron chi connectivity index (χ0n) is 9.07. The molecule has 0 radical (unpaired) electrons. The molecule has 0 spiro atoms. The van der Waals surface area contributed by atoms with Crippen LogP contribution in [-0.4, -0.2) is 47.8 Å². The van der Waals surface area contributed by atoms with E-state index in [2.05, 4.69) is 4.90 Å². The van der Waals surface area contributed by atoms with Gasteiger partial charge in [0.15, 0.2) is 0 Å². The summed E-state index contributed by atoms with van der Waals surface area (Å²) in [5.74, 6) is -0.701. The molecule has 15 heavy (non-hydrogen) atoms. The molecule has 4 nitrogen and oxygen atoms in total. The lowest BCUT2D eigenvalue weighted by atomic mass is 9.87. The van der Waals surface area contributed by atoms with Gasteiger partial charge in [0, 0.05) is 6.61 Å². The first-order valence-corrected chi connectivity index (χ1v) is 5.78. The molecular formula is C11H19NO3. The fourth-order valence-electron chi connectivity index (χ4n) is 2.81. The Bertz CT molecular complexity index is 230. The zero-order chi connectivity index (χ0) is 10.7. The molecule has 2 aliphatic rings. The number of hydrogen-bond donors (Lipinski definition) is 1. The lowest BCUT2D eigenvalue weighted by Gasteiger charge is -2.43. The highest BCUT2D eigenvalue weighted by Crippen LogP contribution is 2.32. The lowest BCUT2D eigenvalue weighted by Crippen LogP contribution is -2.54. The van der Waals surface area contributed by atoms with Crippen LogP contribution < -0.4 is 0 Å². The average Bonchev–Trinajstić information content (AvgIpc) is 2.71. The minimum atomic E-state index is -0.701. The number of ether oxygens (including phenoxy) is 1. The Morgan fingerprint density at radius 1 is 1.33 bits per heavy atom. The van der Waals surface area contributed by atoms with Gasteiger partial charge in [0.1, 0.15) is 0 Å². The molecule has 4 heteroatoms. The van der Waals surface area contributed by atoms with E-state index in [1.807, 2.05) is 0 Å². The van der Waals surface area contributed by atoms with Crippen LogP contribution >= 0.6 is 0 Å². The molecule has 0 aromatic heterocycles. The Labute approximate surface area is 90.2 Å². The molecule has 2 saturated heterocycles. The predicted octanol–water partition coefficient (Wildman–Crippen LogP) is 1.11. The van der Waals surface area contributed by atoms with Crippen molar-refractivity contribution in [2.45, 2.75) is 37.6 Å². The molecule has 0 aromatic rings. The van der Waals surface area contributed by atoms with Crippen LogP contribution in [0.1, 0.15) is 32.1 Å². The van der Waals surface area contributed by atoms with Crippen LogP contribution in [0.3, 0.4) is 0 Å². The van der Waals surface area contributed by atoms with Crippen molar-refractivity contribution in [3.8, 4) is 0 Å². The van der Waals surface area contributed by atoms with Crippen molar-refractivity contribution in [2.24, 2.45) is 0 Å². The van der Waals surface area contributed by atoms with Crippen LogP contribution in [-0.2, 0) is 9.53 Å². The Morgan fingerprint density at radius 2 is 2.07 bits per heavy atom. The quantitative estimate of drug-likeness (QED) is 0.763. The first-order valence-electron chi connectivity index (χ1n) is 5.78. The fourth-order valence-corrected chi connectivity index (χ4v) is 2.81. The number of carboxylic acid groups (broad SMARTS) is 1. The highest BCUT2D eigenvalue weighted by Gasteiger charge is 2.41. The largest absolute Gasteiger partial charge is 0.481 e. The summed E-state index contributed by atoms with van der Waals surface area (Å²) in [5, 5.41) is 9.01. The van der Waals surface area contributed by atoms with Crippen molar-refractivity contribution in [2.75, 3.05) is 26.3 Å². The maximum absolute atomic E-state index is 10.9. The number of likely N-dealkylation sites (tertiary alicyclic amines) is 1. The zero-order valence-corrected chi connectivity index (χ0v) is 9.07. The van der Waals surface area contributed by atoms with Crippen molar-refractivity contribution in [3.63, 3.8) is 0 Å². The monoisotopic (exact) mass is 213 g/mol. The van der Waals surface area contributed by atoms with Crippen LogP contribution in [0, 0.1) is 0 Å². The number of hydrogen-bond acceptors (Lipinski definition) is 3. The van der Waals surface area contributed by atoms with Gasteiger partial charge in [0.25, 0.3) is 0 Å². The van der Waals surface area contributed by atoms with Crippen LogP contribution in [0.4, 0.5) is 0 Å². The third-order valence-electron chi connectivity index (χ3n) is 3.56. The number of aliphatic carboxylic acids is 1. The van der Waals surface area contributed by atoms with E-state index in [1.165, 1.54) is 12.8 Å². The highest BCUT2D eigenvalue weighted by atomic mass is 16.5. The molecule has 2 heterocycles. The van der Waals surface area contributed by atoms with Crippen molar-refractivity contribution < 1.29 is 14.6 Å². The highest BCUT2D eigenvalue weighted by molar-refractivity contribution is 5.68. The summed E-state index contributed by atoms with van der Waals surface area (Å²) >= 11 is 0. The Balaban J connectivity index is 2.08. The van der Waals surface area contributed by atoms with Crippen molar-refractivity contribution in [1.82, 2.24) is 4.90 Å². The van der Waals surface area contributed by atoms with Gasteiger partial charge in [-0.15, -0.1) is 0 Å². The van der Waals surface area contributed by atoms with Gasteiger partial charge < -0.3 is 9.84 Å². The molecule has 1 atom stereocenters. The van der Waals surface area contributed by atoms with Crippen LogP contribution in [0.15, 0.2) is 0 Å². The Morgan fingerprint density at radius 3 is 2.60 bits per heavy atom. The van der Waals surface area contributed by atoms with Crippen LogP contribution in [0.5, 0.6) is 0 Å². The number of carbonyl (C=O) groups is 1. The van der Waals surface area contributed by atoms with Gasteiger partial charge in [-0.2, -0.15) is 0 Å². The second kappa shape index (κ2) is 4.49. The molecule has 0 bridgehead atoms. The number of rotatable bonds is 3. The summed E-state index contributed by atoms with van der Waals surface area (Å²) in [5.41, 5.74) is -0.208. The lowest BCUT2D eigenvalue weighted by molar-refractivity contribution is -0.144. The van der Waals surface area contributed by atoms with Gasteiger partial charge in [-0.1, -0.05) is 0 Å². The number of carboxylic acids is 1. The third kappa shape index (κ3) is 2.32. The summed E-state index contributed by atoms with van der Waals surface area (Å²) in [4.78, 5) is 13.3. The van der Waals surface area contributed by atoms with Gasteiger partial charge in [-0.3, -0.25) is 9.69 Å². The summed E-state index contributed by atoms with van der Waals surface area (Å²) in [6.45, 7) is 3.46. The van der Waals surface area contributed by atoms with E-state index >= 15 is 0 Å². The van der Waals surface area contributed by atoms with Gasteiger partial charge in [-0.05, 0) is 38.8 Å². The first kappa shape index (κ1) is 10.9. The molecule has 86 valence electrons. The van der Waals surface area contributed by atoms with Gasteiger partial charge in [0.2, 0.25) is 0 Å². The summed E-state index contributed by atoms with van der Waals surface area (Å²) in [7, 11) is 0. The second-order valence-corrected chi connectivity index (χ2v) is 4.65. The molecule has 0 amide bonds. The maximum atomic E-state index is 10.9. The smallest absolute Gasteiger partial charge is 0.305 e. The Hall–Kier alpha value is -0.610. The predicted molar refractivity (Wildman–Crippen MR) is 55.8 cm³/mol. The molecule has 0 aromatic carbocycles. The van der Waals surface area contributed by atoms with E-state index in [4.69, 9.17) is 9.84 Å². The molecule has 2 fully saturated rings. The van der Waals surface area contributed by atoms with Crippen LogP contribution in [0.2, 0.25) is 0 Å². The van der Waals surface area contributed by atoms with Gasteiger partial charge in [-0.25, -0.2) is 0 Å². The normalized spacial score (nSPS) is 33.1. The van der Waals surface area contributed by atoms with E-state index in [1.54, 1.807) is 0 Å². The van der Waals surface area contributed by atoms with E-state index < -0.39 is 5.97 Å². The molecule has 2 aliphatic heterocycles. The summed E-state index contributed by atoms with van der Waals surface area (Å²) in [6.07, 6.45) is 4.58. The summed E-state index contributed by atoms with van der Waals surface area (Å²) < 4.78 is 5.49. The molecule has 1 unspecified atom stereocenters. The van der Waals surface area contributed by atoms with Crippen molar-refractivity contribution >= 4 is 5.97 Å². The van der Waals surface area contributed by atoms with E-state index in [9.17, 15) is 4.79 Å². The summed E-state index contributed by atoms with van der Waals surface area (Å²) in [6, 6.07) is 0. The topological polar surface area (TPSA) is 49.8 Å². The molecule has 0 saturated carbocycles. The van der Waals surface area contributed by atoms with Crippen LogP contribution in [0.25, 0.3) is 0 Å². The number of nitrogens with zero attached hydrogens (tertiary/aromatic N) is 1. The fraction of sp³-hybridized carbons (Fsp3) is 0.909. The molecule has 1 N–H and O–H groups in total. The molecular weight excluding hydrogens is 194 g/mol. The first-order chi connectivity index (χ1) is 7.23. The minimum Gasteiger partial charge on any atom is -0.481 e. The third-order valence-corrected chi connectivity index (χ3v) is 3.56. The van der Waals surface area contributed by atoms with E-state index in [-0.39, 0.29) is 12.0 Å². The van der Waals surface area contributed by atoms with E-state index in [0.717, 1.165) is 32.5 Å². The SMILES string of the molecule is O=C(O)CC1(N2CCCC2)CCCOC1. The van der Waals surface area contributed by atoms with Crippen molar-refractivity contribution in [1.29, 1.82) is 0 Å².